The van der Waals surface area contributed by atoms with Crippen LogP contribution in [0.4, 0.5) is 0 Å². The Kier molecular flexibility index (Phi) is 6.40. The van der Waals surface area contributed by atoms with Crippen molar-refractivity contribution in [1.82, 2.24) is 4.90 Å². The summed E-state index contributed by atoms with van der Waals surface area (Å²) in [7, 11) is 0. The summed E-state index contributed by atoms with van der Waals surface area (Å²) in [5, 5.41) is 8.75. The molecule has 0 spiro atoms. The van der Waals surface area contributed by atoms with Gasteiger partial charge in [0.1, 0.15) is 6.54 Å². The highest BCUT2D eigenvalue weighted by atomic mass is 32.2. The van der Waals surface area contributed by atoms with Crippen LogP contribution in [0.25, 0.3) is 0 Å². The van der Waals surface area contributed by atoms with Crippen LogP contribution in [-0.4, -0.2) is 46.0 Å². The highest BCUT2D eigenvalue weighted by Gasteiger charge is 2.33. The lowest BCUT2D eigenvalue weighted by Crippen LogP contribution is -2.37. The topological polar surface area (TPSA) is 57.6 Å². The molecule has 0 aliphatic heterocycles. The maximum absolute atomic E-state index is 11.8. The summed E-state index contributed by atoms with van der Waals surface area (Å²) in [4.78, 5) is 24.0. The molecule has 1 aliphatic rings. The lowest BCUT2D eigenvalue weighted by atomic mass is 10.3. The molecular formula is C12H21NO3S. The Morgan fingerprint density at radius 1 is 1.35 bits per heavy atom. The number of carbonyl (C=O) groups excluding carboxylic acids is 1. The molecule has 0 radical (unpaired) electrons. The van der Waals surface area contributed by atoms with Crippen molar-refractivity contribution in [2.45, 2.75) is 45.1 Å². The largest absolute Gasteiger partial charge is 0.480 e. The van der Waals surface area contributed by atoms with Gasteiger partial charge in [0.25, 0.3) is 0 Å². The van der Waals surface area contributed by atoms with E-state index in [9.17, 15) is 9.59 Å². The van der Waals surface area contributed by atoms with E-state index in [1.807, 2.05) is 0 Å². The molecule has 0 atom stereocenters. The van der Waals surface area contributed by atoms with Crippen molar-refractivity contribution in [2.24, 2.45) is 0 Å². The van der Waals surface area contributed by atoms with Crippen LogP contribution in [0.1, 0.15) is 39.0 Å². The number of carbonyl (C=O) groups is 2. The van der Waals surface area contributed by atoms with E-state index in [0.29, 0.717) is 6.42 Å². The van der Waals surface area contributed by atoms with Crippen LogP contribution < -0.4 is 0 Å². The number of thioether (sulfide) groups is 1. The van der Waals surface area contributed by atoms with E-state index in [1.54, 1.807) is 11.8 Å². The highest BCUT2D eigenvalue weighted by Crippen LogP contribution is 2.27. The highest BCUT2D eigenvalue weighted by molar-refractivity contribution is 7.99. The van der Waals surface area contributed by atoms with Crippen molar-refractivity contribution in [1.29, 1.82) is 0 Å². The van der Waals surface area contributed by atoms with Crippen molar-refractivity contribution in [3.63, 3.8) is 0 Å². The first-order valence-corrected chi connectivity index (χ1v) is 7.39. The second kappa shape index (κ2) is 7.58. The average Bonchev–Trinajstić information content (AvgIpc) is 3.09. The van der Waals surface area contributed by atoms with Crippen LogP contribution in [0.5, 0.6) is 0 Å². The number of hydrogen-bond donors (Lipinski definition) is 1. The number of nitrogens with zero attached hydrogens (tertiary/aromatic N) is 1. The van der Waals surface area contributed by atoms with Gasteiger partial charge in [-0.1, -0.05) is 13.3 Å². The maximum Gasteiger partial charge on any atom is 0.323 e. The normalized spacial score (nSPS) is 14.6. The van der Waals surface area contributed by atoms with Crippen molar-refractivity contribution in [3.8, 4) is 0 Å². The smallest absolute Gasteiger partial charge is 0.323 e. The van der Waals surface area contributed by atoms with E-state index in [4.69, 9.17) is 5.11 Å². The van der Waals surface area contributed by atoms with Crippen LogP contribution in [0, 0.1) is 0 Å². The number of amides is 1. The van der Waals surface area contributed by atoms with Crippen molar-refractivity contribution >= 4 is 23.6 Å². The molecule has 1 N–H and O–H groups in total. The summed E-state index contributed by atoms with van der Waals surface area (Å²) in [5.74, 6) is 0.983. The van der Waals surface area contributed by atoms with Gasteiger partial charge >= 0.3 is 5.97 Å². The maximum atomic E-state index is 11.8. The molecule has 98 valence electrons. The molecule has 1 saturated carbocycles. The van der Waals surface area contributed by atoms with Crippen LogP contribution in [0.2, 0.25) is 0 Å². The standard InChI is InChI=1S/C12H21NO3S/c1-2-3-7-17-8-6-11(14)13(9-12(15)16)10-4-5-10/h10H,2-9H2,1H3,(H,15,16). The van der Waals surface area contributed by atoms with Gasteiger partial charge in [-0.25, -0.2) is 0 Å². The zero-order valence-electron chi connectivity index (χ0n) is 10.4. The van der Waals surface area contributed by atoms with Crippen LogP contribution in [0.15, 0.2) is 0 Å². The van der Waals surface area contributed by atoms with Crippen molar-refractivity contribution in [2.75, 3.05) is 18.1 Å². The SMILES string of the molecule is CCCCSCCC(=O)N(CC(=O)O)C1CC1. The first-order chi connectivity index (χ1) is 8.15. The van der Waals surface area contributed by atoms with Gasteiger partial charge in [-0.05, 0) is 25.0 Å². The Morgan fingerprint density at radius 3 is 2.59 bits per heavy atom. The molecule has 4 nitrogen and oxygen atoms in total. The molecule has 1 fully saturated rings. The summed E-state index contributed by atoms with van der Waals surface area (Å²) in [6, 6.07) is 0.194. The summed E-state index contributed by atoms with van der Waals surface area (Å²) >= 11 is 1.78. The van der Waals surface area contributed by atoms with Gasteiger partial charge in [0.15, 0.2) is 0 Å². The number of carboxylic acid groups (broad SMARTS) is 1. The third-order valence-corrected chi connectivity index (χ3v) is 3.79. The van der Waals surface area contributed by atoms with E-state index in [0.717, 1.165) is 24.3 Å². The molecule has 0 unspecified atom stereocenters. The Labute approximate surface area is 107 Å². The number of aliphatic carboxylic acids is 1. The van der Waals surface area contributed by atoms with Crippen molar-refractivity contribution in [3.05, 3.63) is 0 Å². The fraction of sp³-hybridized carbons (Fsp3) is 0.833. The molecular weight excluding hydrogens is 238 g/mol. The number of hydrogen-bond acceptors (Lipinski definition) is 3. The number of rotatable bonds is 9. The fourth-order valence-corrected chi connectivity index (χ4v) is 2.62. The summed E-state index contributed by atoms with van der Waals surface area (Å²) < 4.78 is 0. The zero-order chi connectivity index (χ0) is 12.7. The van der Waals surface area contributed by atoms with Gasteiger partial charge in [-0.2, -0.15) is 11.8 Å². The van der Waals surface area contributed by atoms with Gasteiger partial charge in [0, 0.05) is 18.2 Å². The first kappa shape index (κ1) is 14.4. The number of unbranched alkanes of at least 4 members (excludes halogenated alkanes) is 1. The molecule has 0 aromatic carbocycles. The average molecular weight is 259 g/mol. The Bertz CT molecular complexity index is 266. The molecule has 17 heavy (non-hydrogen) atoms. The monoisotopic (exact) mass is 259 g/mol. The molecule has 1 rings (SSSR count). The fourth-order valence-electron chi connectivity index (χ4n) is 1.60. The van der Waals surface area contributed by atoms with Crippen molar-refractivity contribution < 1.29 is 14.7 Å². The molecule has 5 heteroatoms. The molecule has 0 aromatic heterocycles. The third kappa shape index (κ3) is 5.96. The summed E-state index contributed by atoms with van der Waals surface area (Å²) in [5.41, 5.74) is 0. The predicted molar refractivity (Wildman–Crippen MR) is 69.2 cm³/mol. The predicted octanol–water partition coefficient (Wildman–Crippen LogP) is 1.99. The van der Waals surface area contributed by atoms with E-state index in [-0.39, 0.29) is 18.5 Å². The Hall–Kier alpha value is -0.710. The second-order valence-corrected chi connectivity index (χ2v) is 5.59. The molecule has 0 heterocycles. The number of carboxylic acids is 1. The molecule has 1 aliphatic carbocycles. The Balaban J connectivity index is 2.20. The lowest BCUT2D eigenvalue weighted by Gasteiger charge is -2.19. The van der Waals surface area contributed by atoms with Gasteiger partial charge < -0.3 is 10.0 Å². The van der Waals surface area contributed by atoms with Gasteiger partial charge in [0.05, 0.1) is 0 Å². The van der Waals surface area contributed by atoms with Crippen LogP contribution >= 0.6 is 11.8 Å². The Morgan fingerprint density at radius 2 is 2.06 bits per heavy atom. The summed E-state index contributed by atoms with van der Waals surface area (Å²) in [6.07, 6.45) is 4.75. The molecule has 0 aromatic rings. The quantitative estimate of drug-likeness (QED) is 0.643. The molecule has 0 bridgehead atoms. The van der Waals surface area contributed by atoms with E-state index >= 15 is 0 Å². The van der Waals surface area contributed by atoms with E-state index in [1.165, 1.54) is 17.7 Å². The van der Waals surface area contributed by atoms with Gasteiger partial charge in [-0.3, -0.25) is 9.59 Å². The van der Waals surface area contributed by atoms with E-state index in [2.05, 4.69) is 6.92 Å². The van der Waals surface area contributed by atoms with Gasteiger partial charge in [0.2, 0.25) is 5.91 Å². The van der Waals surface area contributed by atoms with Gasteiger partial charge in [-0.15, -0.1) is 0 Å². The van der Waals surface area contributed by atoms with Crippen LogP contribution in [-0.2, 0) is 9.59 Å². The second-order valence-electron chi connectivity index (χ2n) is 4.36. The lowest BCUT2D eigenvalue weighted by molar-refractivity contribution is -0.144. The van der Waals surface area contributed by atoms with E-state index < -0.39 is 5.97 Å². The minimum Gasteiger partial charge on any atom is -0.480 e. The minimum atomic E-state index is -0.913. The third-order valence-electron chi connectivity index (χ3n) is 2.72. The minimum absolute atomic E-state index is 0.00102. The summed E-state index contributed by atoms with van der Waals surface area (Å²) in [6.45, 7) is 2.01. The first-order valence-electron chi connectivity index (χ1n) is 6.24. The molecule has 0 saturated heterocycles. The van der Waals surface area contributed by atoms with Crippen LogP contribution in [0.3, 0.4) is 0 Å². The zero-order valence-corrected chi connectivity index (χ0v) is 11.2. The molecule has 1 amide bonds.